The van der Waals surface area contributed by atoms with E-state index in [1.165, 1.54) is 11.1 Å². The molecule has 1 heterocycles. The maximum Gasteiger partial charge on any atom is 0.122 e. The predicted octanol–water partition coefficient (Wildman–Crippen LogP) is 2.30. The second-order valence-corrected chi connectivity index (χ2v) is 6.10. The lowest BCUT2D eigenvalue weighted by atomic mass is 10.0. The Kier molecular flexibility index (Phi) is 5.13. The summed E-state index contributed by atoms with van der Waals surface area (Å²) in [6.45, 7) is 3.72. The Morgan fingerprint density at radius 1 is 1.47 bits per heavy atom. The van der Waals surface area contributed by atoms with Crippen LogP contribution < -0.4 is 10.5 Å². The van der Waals surface area contributed by atoms with Gasteiger partial charge in [-0.05, 0) is 37.4 Å². The third-order valence-corrected chi connectivity index (χ3v) is 4.73. The van der Waals surface area contributed by atoms with Crippen molar-refractivity contribution in [2.45, 2.75) is 25.4 Å². The molecule has 1 aromatic carbocycles. The molecule has 0 saturated heterocycles. The molecule has 0 radical (unpaired) electrons. The Morgan fingerprint density at radius 2 is 2.26 bits per heavy atom. The smallest absolute Gasteiger partial charge is 0.122 e. The molecule has 2 rings (SSSR count). The zero-order valence-electron chi connectivity index (χ0n) is 12.1. The van der Waals surface area contributed by atoms with E-state index in [1.807, 2.05) is 11.8 Å². The monoisotopic (exact) mass is 280 g/mol. The summed E-state index contributed by atoms with van der Waals surface area (Å²) in [7, 11) is 2.17. The molecular formula is C15H24N2OS. The normalized spacial score (nSPS) is 17.1. The van der Waals surface area contributed by atoms with Gasteiger partial charge in [-0.15, -0.1) is 0 Å². The fourth-order valence-electron chi connectivity index (χ4n) is 2.62. The first-order valence-corrected chi connectivity index (χ1v) is 8.23. The minimum atomic E-state index is 0.285. The van der Waals surface area contributed by atoms with E-state index < -0.39 is 0 Å². The van der Waals surface area contributed by atoms with Crippen LogP contribution in [0.25, 0.3) is 0 Å². The van der Waals surface area contributed by atoms with E-state index in [0.717, 1.165) is 24.5 Å². The van der Waals surface area contributed by atoms with Gasteiger partial charge in [-0.2, -0.15) is 11.8 Å². The van der Waals surface area contributed by atoms with Crippen LogP contribution in [0.1, 0.15) is 24.1 Å². The van der Waals surface area contributed by atoms with E-state index in [1.54, 1.807) is 0 Å². The highest BCUT2D eigenvalue weighted by Crippen LogP contribution is 2.30. The molecule has 0 aliphatic carbocycles. The minimum absolute atomic E-state index is 0.285. The van der Waals surface area contributed by atoms with Gasteiger partial charge in [0.25, 0.3) is 0 Å². The summed E-state index contributed by atoms with van der Waals surface area (Å²) in [4.78, 5) is 2.38. The van der Waals surface area contributed by atoms with Crippen molar-refractivity contribution in [3.63, 3.8) is 0 Å². The van der Waals surface area contributed by atoms with E-state index in [0.29, 0.717) is 12.6 Å². The summed E-state index contributed by atoms with van der Waals surface area (Å²) in [5.41, 5.74) is 8.63. The van der Waals surface area contributed by atoms with Crippen molar-refractivity contribution in [2.75, 3.05) is 32.2 Å². The van der Waals surface area contributed by atoms with Crippen LogP contribution in [-0.2, 0) is 6.42 Å². The first kappa shape index (κ1) is 14.7. The fraction of sp³-hybridized carbons (Fsp3) is 0.600. The number of ether oxygens (including phenoxy) is 1. The SMILES string of the molecule is CSCC(C)N(C)C(CN)c1ccc2c(c1)CCO2. The van der Waals surface area contributed by atoms with Gasteiger partial charge in [0.05, 0.1) is 6.61 Å². The molecular weight excluding hydrogens is 256 g/mol. The Bertz CT molecular complexity index is 425. The van der Waals surface area contributed by atoms with Gasteiger partial charge in [-0.25, -0.2) is 0 Å². The summed E-state index contributed by atoms with van der Waals surface area (Å²) in [6, 6.07) is 7.32. The van der Waals surface area contributed by atoms with Crippen molar-refractivity contribution in [3.8, 4) is 5.75 Å². The number of likely N-dealkylation sites (N-methyl/N-ethyl adjacent to an activating group) is 1. The lowest BCUT2D eigenvalue weighted by Gasteiger charge is -2.32. The van der Waals surface area contributed by atoms with Gasteiger partial charge in [0.15, 0.2) is 0 Å². The lowest BCUT2D eigenvalue weighted by molar-refractivity contribution is 0.204. The number of thioether (sulfide) groups is 1. The zero-order chi connectivity index (χ0) is 13.8. The van der Waals surface area contributed by atoms with Crippen molar-refractivity contribution in [3.05, 3.63) is 29.3 Å². The van der Waals surface area contributed by atoms with Crippen molar-refractivity contribution in [2.24, 2.45) is 5.73 Å². The number of hydrogen-bond donors (Lipinski definition) is 1. The Labute approximate surface area is 120 Å². The summed E-state index contributed by atoms with van der Waals surface area (Å²) in [6.07, 6.45) is 3.17. The van der Waals surface area contributed by atoms with Crippen molar-refractivity contribution in [1.29, 1.82) is 0 Å². The van der Waals surface area contributed by atoms with Crippen LogP contribution in [0, 0.1) is 0 Å². The van der Waals surface area contributed by atoms with Gasteiger partial charge < -0.3 is 10.5 Å². The van der Waals surface area contributed by atoms with Gasteiger partial charge in [0.1, 0.15) is 5.75 Å². The highest BCUT2D eigenvalue weighted by atomic mass is 32.2. The van der Waals surface area contributed by atoms with Gasteiger partial charge in [0.2, 0.25) is 0 Å². The molecule has 2 atom stereocenters. The minimum Gasteiger partial charge on any atom is -0.493 e. The maximum atomic E-state index is 6.01. The average Bonchev–Trinajstić information content (AvgIpc) is 2.87. The molecule has 3 nitrogen and oxygen atoms in total. The number of hydrogen-bond acceptors (Lipinski definition) is 4. The third kappa shape index (κ3) is 3.25. The van der Waals surface area contributed by atoms with Gasteiger partial charge in [0, 0.05) is 30.8 Å². The molecule has 0 spiro atoms. The standard InChI is InChI=1S/C15H24N2OS/c1-11(10-19-3)17(2)14(9-16)12-4-5-15-13(8-12)6-7-18-15/h4-5,8,11,14H,6-7,9-10,16H2,1-3H3. The molecule has 2 N–H and O–H groups in total. The van der Waals surface area contributed by atoms with Crippen LogP contribution in [0.4, 0.5) is 0 Å². The van der Waals surface area contributed by atoms with Crippen molar-refractivity contribution < 1.29 is 4.74 Å². The van der Waals surface area contributed by atoms with E-state index in [9.17, 15) is 0 Å². The molecule has 0 bridgehead atoms. The second kappa shape index (κ2) is 6.64. The Morgan fingerprint density at radius 3 is 2.95 bits per heavy atom. The van der Waals surface area contributed by atoms with Crippen molar-refractivity contribution >= 4 is 11.8 Å². The quantitative estimate of drug-likeness (QED) is 0.868. The summed E-state index contributed by atoms with van der Waals surface area (Å²) in [5, 5.41) is 0. The van der Waals surface area contributed by atoms with E-state index in [2.05, 4.69) is 43.3 Å². The molecule has 1 aromatic rings. The summed E-state index contributed by atoms with van der Waals surface area (Å²) in [5.74, 6) is 2.17. The van der Waals surface area contributed by atoms with E-state index >= 15 is 0 Å². The number of fused-ring (bicyclic) bond motifs is 1. The van der Waals surface area contributed by atoms with Crippen LogP contribution >= 0.6 is 11.8 Å². The zero-order valence-corrected chi connectivity index (χ0v) is 12.9. The maximum absolute atomic E-state index is 6.01. The van der Waals surface area contributed by atoms with Crippen LogP contribution in [-0.4, -0.2) is 43.1 Å². The Hall–Kier alpha value is -0.710. The highest BCUT2D eigenvalue weighted by molar-refractivity contribution is 7.98. The molecule has 0 saturated carbocycles. The van der Waals surface area contributed by atoms with Gasteiger partial charge in [-0.1, -0.05) is 12.1 Å². The number of rotatable bonds is 6. The molecule has 4 heteroatoms. The molecule has 1 aliphatic rings. The molecule has 0 fully saturated rings. The van der Waals surface area contributed by atoms with Crippen LogP contribution in [0.5, 0.6) is 5.75 Å². The molecule has 106 valence electrons. The first-order chi connectivity index (χ1) is 9.17. The number of nitrogens with zero attached hydrogens (tertiary/aromatic N) is 1. The predicted molar refractivity (Wildman–Crippen MR) is 83.0 cm³/mol. The number of benzene rings is 1. The fourth-order valence-corrected chi connectivity index (χ4v) is 3.33. The Balaban J connectivity index is 2.17. The molecule has 1 aliphatic heterocycles. The molecule has 0 amide bonds. The topological polar surface area (TPSA) is 38.5 Å². The van der Waals surface area contributed by atoms with Crippen LogP contribution in [0.15, 0.2) is 18.2 Å². The average molecular weight is 280 g/mol. The molecule has 2 unspecified atom stereocenters. The van der Waals surface area contributed by atoms with E-state index in [4.69, 9.17) is 10.5 Å². The largest absolute Gasteiger partial charge is 0.493 e. The van der Waals surface area contributed by atoms with E-state index in [-0.39, 0.29) is 6.04 Å². The van der Waals surface area contributed by atoms with Crippen molar-refractivity contribution in [1.82, 2.24) is 4.90 Å². The highest BCUT2D eigenvalue weighted by Gasteiger charge is 2.22. The third-order valence-electron chi connectivity index (χ3n) is 3.92. The van der Waals surface area contributed by atoms with Crippen LogP contribution in [0.3, 0.4) is 0 Å². The van der Waals surface area contributed by atoms with Gasteiger partial charge in [-0.3, -0.25) is 4.90 Å². The second-order valence-electron chi connectivity index (χ2n) is 5.19. The van der Waals surface area contributed by atoms with Gasteiger partial charge >= 0.3 is 0 Å². The number of nitrogens with two attached hydrogens (primary N) is 1. The van der Waals surface area contributed by atoms with Crippen LogP contribution in [0.2, 0.25) is 0 Å². The summed E-state index contributed by atoms with van der Waals surface area (Å²) < 4.78 is 5.57. The lowest BCUT2D eigenvalue weighted by Crippen LogP contribution is -2.38. The summed E-state index contributed by atoms with van der Waals surface area (Å²) >= 11 is 1.88. The molecule has 19 heavy (non-hydrogen) atoms. The molecule has 0 aromatic heterocycles. The first-order valence-electron chi connectivity index (χ1n) is 6.84.